The minimum absolute atomic E-state index is 0.0929. The van der Waals surface area contributed by atoms with Crippen LogP contribution in [-0.2, 0) is 0 Å². The molecule has 1 fully saturated rings. The highest BCUT2D eigenvalue weighted by Gasteiger charge is 2.23. The minimum atomic E-state index is -0.372. The molecule has 6 nitrogen and oxygen atoms in total. The van der Waals surface area contributed by atoms with E-state index >= 15 is 0 Å². The molecular weight excluding hydrogens is 244 g/mol. The predicted octanol–water partition coefficient (Wildman–Crippen LogP) is 1.68. The molecule has 0 amide bonds. The van der Waals surface area contributed by atoms with Gasteiger partial charge >= 0.3 is 0 Å². The fourth-order valence-corrected chi connectivity index (χ4v) is 2.60. The third kappa shape index (κ3) is 2.00. The van der Waals surface area contributed by atoms with Crippen molar-refractivity contribution in [1.82, 2.24) is 4.98 Å². The molecule has 2 aromatic rings. The zero-order valence-electron chi connectivity index (χ0n) is 10.3. The van der Waals surface area contributed by atoms with Crippen molar-refractivity contribution in [3.63, 3.8) is 0 Å². The van der Waals surface area contributed by atoms with E-state index in [9.17, 15) is 10.1 Å². The Kier molecular flexibility index (Phi) is 2.79. The van der Waals surface area contributed by atoms with Gasteiger partial charge in [-0.3, -0.25) is 15.1 Å². The summed E-state index contributed by atoms with van der Waals surface area (Å²) in [5, 5.41) is 12.5. The van der Waals surface area contributed by atoms with E-state index in [1.165, 1.54) is 0 Å². The zero-order chi connectivity index (χ0) is 13.4. The summed E-state index contributed by atoms with van der Waals surface area (Å²) in [7, 11) is 0. The fourth-order valence-electron chi connectivity index (χ4n) is 2.60. The highest BCUT2D eigenvalue weighted by Crippen LogP contribution is 2.34. The molecule has 0 radical (unpaired) electrons. The lowest BCUT2D eigenvalue weighted by Gasteiger charge is -2.20. The van der Waals surface area contributed by atoms with Crippen LogP contribution < -0.4 is 10.6 Å². The van der Waals surface area contributed by atoms with Crippen LogP contribution in [0.25, 0.3) is 10.8 Å². The van der Waals surface area contributed by atoms with Crippen LogP contribution in [0.1, 0.15) is 6.42 Å². The van der Waals surface area contributed by atoms with Crippen molar-refractivity contribution in [2.24, 2.45) is 5.73 Å². The molecule has 3 rings (SSSR count). The summed E-state index contributed by atoms with van der Waals surface area (Å²) in [6, 6.07) is 5.34. The monoisotopic (exact) mass is 258 g/mol. The van der Waals surface area contributed by atoms with E-state index in [0.29, 0.717) is 5.39 Å². The van der Waals surface area contributed by atoms with Gasteiger partial charge in [0.05, 0.1) is 10.3 Å². The van der Waals surface area contributed by atoms with Gasteiger partial charge in [0, 0.05) is 48.7 Å². The fraction of sp³-hybridized carbons (Fsp3) is 0.308. The number of hydrogen-bond acceptors (Lipinski definition) is 5. The summed E-state index contributed by atoms with van der Waals surface area (Å²) in [4.78, 5) is 16.8. The van der Waals surface area contributed by atoms with Crippen molar-refractivity contribution in [2.75, 3.05) is 18.0 Å². The molecule has 1 aliphatic heterocycles. The number of nitrogens with two attached hydrogens (primary N) is 1. The van der Waals surface area contributed by atoms with Crippen molar-refractivity contribution in [3.8, 4) is 0 Å². The number of fused-ring (bicyclic) bond motifs is 1. The highest BCUT2D eigenvalue weighted by molar-refractivity contribution is 5.99. The molecule has 1 saturated heterocycles. The van der Waals surface area contributed by atoms with Gasteiger partial charge < -0.3 is 10.6 Å². The molecule has 2 N–H and O–H groups in total. The number of hydrogen-bond donors (Lipinski definition) is 1. The number of nitro benzene ring substituents is 1. The molecule has 0 bridgehead atoms. The van der Waals surface area contributed by atoms with E-state index in [2.05, 4.69) is 9.88 Å². The zero-order valence-corrected chi connectivity index (χ0v) is 10.3. The van der Waals surface area contributed by atoms with Gasteiger partial charge in [0.2, 0.25) is 0 Å². The highest BCUT2D eigenvalue weighted by atomic mass is 16.6. The van der Waals surface area contributed by atoms with Gasteiger partial charge in [-0.2, -0.15) is 0 Å². The van der Waals surface area contributed by atoms with Gasteiger partial charge in [0.1, 0.15) is 0 Å². The first kappa shape index (κ1) is 11.9. The van der Waals surface area contributed by atoms with Crippen LogP contribution in [0.2, 0.25) is 0 Å². The second kappa shape index (κ2) is 4.47. The molecule has 2 heterocycles. The summed E-state index contributed by atoms with van der Waals surface area (Å²) in [5.74, 6) is 0. The average Bonchev–Trinajstić information content (AvgIpc) is 2.83. The molecule has 0 saturated carbocycles. The Hall–Kier alpha value is -2.21. The molecular formula is C13H14N4O2. The number of nitrogens with zero attached hydrogens (tertiary/aromatic N) is 3. The lowest BCUT2D eigenvalue weighted by molar-refractivity contribution is -0.383. The quantitative estimate of drug-likeness (QED) is 0.654. The van der Waals surface area contributed by atoms with Crippen LogP contribution in [0.3, 0.4) is 0 Å². The second-order valence-corrected chi connectivity index (χ2v) is 4.78. The number of pyridine rings is 1. The van der Waals surface area contributed by atoms with Gasteiger partial charge in [-0.05, 0) is 18.6 Å². The van der Waals surface area contributed by atoms with E-state index < -0.39 is 0 Å². The van der Waals surface area contributed by atoms with Crippen molar-refractivity contribution in [1.29, 1.82) is 0 Å². The third-order valence-corrected chi connectivity index (χ3v) is 3.53. The normalized spacial score (nSPS) is 19.0. The van der Waals surface area contributed by atoms with E-state index in [1.807, 2.05) is 6.07 Å². The molecule has 1 unspecified atom stereocenters. The van der Waals surface area contributed by atoms with Crippen LogP contribution in [-0.4, -0.2) is 29.0 Å². The Bertz CT molecular complexity index is 644. The first-order valence-electron chi connectivity index (χ1n) is 6.18. The van der Waals surface area contributed by atoms with Gasteiger partial charge in [-0.15, -0.1) is 0 Å². The summed E-state index contributed by atoms with van der Waals surface area (Å²) in [6.07, 6.45) is 4.15. The van der Waals surface area contributed by atoms with Crippen LogP contribution in [0.5, 0.6) is 0 Å². The summed E-state index contributed by atoms with van der Waals surface area (Å²) >= 11 is 0. The lowest BCUT2D eigenvalue weighted by atomic mass is 10.1. The SMILES string of the molecule is NC1CCN(c2ccc([N+](=O)[O-])c3cnccc23)C1. The topological polar surface area (TPSA) is 85.3 Å². The molecule has 0 spiro atoms. The predicted molar refractivity (Wildman–Crippen MR) is 73.2 cm³/mol. The first-order chi connectivity index (χ1) is 9.16. The number of nitro groups is 1. The number of benzene rings is 1. The summed E-state index contributed by atoms with van der Waals surface area (Å²) in [6.45, 7) is 1.67. The van der Waals surface area contributed by atoms with Gasteiger partial charge in [-0.25, -0.2) is 0 Å². The minimum Gasteiger partial charge on any atom is -0.369 e. The number of rotatable bonds is 2. The molecule has 19 heavy (non-hydrogen) atoms. The van der Waals surface area contributed by atoms with Crippen molar-refractivity contribution >= 4 is 22.1 Å². The number of aromatic nitrogens is 1. The van der Waals surface area contributed by atoms with E-state index in [0.717, 1.165) is 30.6 Å². The number of anilines is 1. The van der Waals surface area contributed by atoms with Crippen molar-refractivity contribution in [3.05, 3.63) is 40.7 Å². The van der Waals surface area contributed by atoms with E-state index in [1.54, 1.807) is 24.5 Å². The van der Waals surface area contributed by atoms with Crippen molar-refractivity contribution < 1.29 is 4.92 Å². The van der Waals surface area contributed by atoms with E-state index in [4.69, 9.17) is 5.73 Å². The second-order valence-electron chi connectivity index (χ2n) is 4.78. The molecule has 98 valence electrons. The maximum absolute atomic E-state index is 11.0. The smallest absolute Gasteiger partial charge is 0.278 e. The maximum Gasteiger partial charge on any atom is 0.278 e. The first-order valence-corrected chi connectivity index (χ1v) is 6.18. The number of non-ortho nitro benzene ring substituents is 1. The maximum atomic E-state index is 11.0. The van der Waals surface area contributed by atoms with E-state index in [-0.39, 0.29) is 16.7 Å². The molecule has 1 aliphatic rings. The van der Waals surface area contributed by atoms with Crippen LogP contribution >= 0.6 is 0 Å². The Balaban J connectivity index is 2.17. The molecule has 6 heteroatoms. The van der Waals surface area contributed by atoms with Crippen LogP contribution in [0.15, 0.2) is 30.6 Å². The van der Waals surface area contributed by atoms with Gasteiger partial charge in [-0.1, -0.05) is 0 Å². The van der Waals surface area contributed by atoms with Gasteiger partial charge in [0.25, 0.3) is 5.69 Å². The Labute approximate surface area is 110 Å². The van der Waals surface area contributed by atoms with Crippen molar-refractivity contribution in [2.45, 2.75) is 12.5 Å². The standard InChI is InChI=1S/C13H14N4O2/c14-9-4-6-16(8-9)12-1-2-13(17(18)19)11-7-15-5-3-10(11)12/h1-3,5,7,9H,4,6,8,14H2. The molecule has 1 aromatic heterocycles. The van der Waals surface area contributed by atoms with Crippen LogP contribution in [0.4, 0.5) is 11.4 Å². The molecule has 0 aliphatic carbocycles. The van der Waals surface area contributed by atoms with Gasteiger partial charge in [0.15, 0.2) is 0 Å². The molecule has 1 aromatic carbocycles. The largest absolute Gasteiger partial charge is 0.369 e. The molecule has 1 atom stereocenters. The lowest BCUT2D eigenvalue weighted by Crippen LogP contribution is -2.26. The Morgan fingerprint density at radius 2 is 2.21 bits per heavy atom. The van der Waals surface area contributed by atoms with Crippen LogP contribution in [0, 0.1) is 10.1 Å². The summed E-state index contributed by atoms with van der Waals surface area (Å²) < 4.78 is 0. The average molecular weight is 258 g/mol. The summed E-state index contributed by atoms with van der Waals surface area (Å²) in [5.41, 5.74) is 7.01. The Morgan fingerprint density at radius 3 is 2.89 bits per heavy atom. The Morgan fingerprint density at radius 1 is 1.37 bits per heavy atom. The third-order valence-electron chi connectivity index (χ3n) is 3.53.